The third-order valence-corrected chi connectivity index (χ3v) is 4.99. The molecule has 3 aromatic rings. The summed E-state index contributed by atoms with van der Waals surface area (Å²) in [6.45, 7) is 0.569. The van der Waals surface area contributed by atoms with Crippen molar-refractivity contribution in [3.63, 3.8) is 0 Å². The van der Waals surface area contributed by atoms with Crippen LogP contribution in [-0.2, 0) is 4.79 Å². The molecular formula is C20H22N4OS. The smallest absolute Gasteiger partial charge is 0.244 e. The molecule has 2 heterocycles. The highest BCUT2D eigenvalue weighted by Gasteiger charge is 2.15. The molecule has 134 valence electrons. The third kappa shape index (κ3) is 4.68. The zero-order chi connectivity index (χ0) is 18.4. The number of aromatic nitrogens is 2. The standard InChI is InChI=1S/C20H22N4OS/c1-23(2)18(19-9-6-12-26-19)14-21-20(25)11-10-16-13-22-24(15-16)17-7-4-3-5-8-17/h3-13,15,18H,14H2,1-2H3,(H,21,25)/b11-10+. The zero-order valence-corrected chi connectivity index (χ0v) is 15.7. The number of thiophene rings is 1. The third-order valence-electron chi connectivity index (χ3n) is 4.02. The highest BCUT2D eigenvalue weighted by Crippen LogP contribution is 2.22. The van der Waals surface area contributed by atoms with Crippen molar-refractivity contribution in [1.82, 2.24) is 20.0 Å². The summed E-state index contributed by atoms with van der Waals surface area (Å²) >= 11 is 1.70. The Hall–Kier alpha value is -2.70. The number of hydrogen-bond donors (Lipinski definition) is 1. The summed E-state index contributed by atoms with van der Waals surface area (Å²) in [6, 6.07) is 14.2. The molecule has 1 unspecified atom stereocenters. The lowest BCUT2D eigenvalue weighted by Crippen LogP contribution is -2.33. The number of carbonyl (C=O) groups excluding carboxylic acids is 1. The number of likely N-dealkylation sites (N-methyl/N-ethyl adjacent to an activating group) is 1. The van der Waals surface area contributed by atoms with Crippen LogP contribution in [0.15, 0.2) is 66.3 Å². The molecule has 0 saturated heterocycles. The van der Waals surface area contributed by atoms with Crippen LogP contribution < -0.4 is 5.32 Å². The van der Waals surface area contributed by atoms with Gasteiger partial charge in [-0.2, -0.15) is 5.10 Å². The van der Waals surface area contributed by atoms with Gasteiger partial charge >= 0.3 is 0 Å². The van der Waals surface area contributed by atoms with Crippen LogP contribution in [0.25, 0.3) is 11.8 Å². The number of carbonyl (C=O) groups is 1. The number of rotatable bonds is 7. The number of benzene rings is 1. The maximum Gasteiger partial charge on any atom is 0.244 e. The molecule has 1 N–H and O–H groups in total. The van der Waals surface area contributed by atoms with Crippen LogP contribution in [0.4, 0.5) is 0 Å². The van der Waals surface area contributed by atoms with Crippen molar-refractivity contribution in [2.75, 3.05) is 20.6 Å². The molecule has 0 spiro atoms. The quantitative estimate of drug-likeness (QED) is 0.652. The number of nitrogens with zero attached hydrogens (tertiary/aromatic N) is 3. The van der Waals surface area contributed by atoms with Crippen LogP contribution in [0.1, 0.15) is 16.5 Å². The predicted octanol–water partition coefficient (Wildman–Crippen LogP) is 3.37. The van der Waals surface area contributed by atoms with Gasteiger partial charge in [0.2, 0.25) is 5.91 Å². The van der Waals surface area contributed by atoms with Crippen LogP contribution in [0.2, 0.25) is 0 Å². The van der Waals surface area contributed by atoms with Crippen LogP contribution in [0.5, 0.6) is 0 Å². The maximum atomic E-state index is 12.1. The van der Waals surface area contributed by atoms with E-state index in [4.69, 9.17) is 0 Å². The van der Waals surface area contributed by atoms with Gasteiger partial charge in [-0.25, -0.2) is 4.68 Å². The molecule has 0 bridgehead atoms. The molecule has 2 aromatic heterocycles. The second-order valence-corrected chi connectivity index (χ2v) is 7.11. The summed E-state index contributed by atoms with van der Waals surface area (Å²) in [7, 11) is 4.04. The molecule has 0 aliphatic rings. The molecule has 0 saturated carbocycles. The summed E-state index contributed by atoms with van der Waals surface area (Å²) < 4.78 is 1.79. The molecule has 0 radical (unpaired) electrons. The van der Waals surface area contributed by atoms with Crippen molar-refractivity contribution < 1.29 is 4.79 Å². The van der Waals surface area contributed by atoms with Crippen LogP contribution in [0.3, 0.4) is 0 Å². The van der Waals surface area contributed by atoms with Crippen LogP contribution in [0, 0.1) is 0 Å². The molecule has 1 aromatic carbocycles. The first kappa shape index (κ1) is 18.1. The fourth-order valence-corrected chi connectivity index (χ4v) is 3.51. The Morgan fingerprint density at radius 2 is 2.08 bits per heavy atom. The zero-order valence-electron chi connectivity index (χ0n) is 14.9. The summed E-state index contributed by atoms with van der Waals surface area (Å²) in [5, 5.41) is 9.35. The number of hydrogen-bond acceptors (Lipinski definition) is 4. The molecule has 5 nitrogen and oxygen atoms in total. The van der Waals surface area contributed by atoms with Gasteiger partial charge in [-0.05, 0) is 43.8 Å². The Kier molecular flexibility index (Phi) is 5.99. The fourth-order valence-electron chi connectivity index (χ4n) is 2.59. The largest absolute Gasteiger partial charge is 0.351 e. The second kappa shape index (κ2) is 8.60. The Balaban J connectivity index is 1.57. The fraction of sp³-hybridized carbons (Fsp3) is 0.200. The minimum absolute atomic E-state index is 0.110. The Morgan fingerprint density at radius 3 is 2.77 bits per heavy atom. The molecule has 6 heteroatoms. The van der Waals surface area contributed by atoms with Crippen molar-refractivity contribution in [2.45, 2.75) is 6.04 Å². The van der Waals surface area contributed by atoms with Gasteiger partial charge < -0.3 is 10.2 Å². The average molecular weight is 366 g/mol. The Bertz CT molecular complexity index is 853. The van der Waals surface area contributed by atoms with E-state index in [0.717, 1.165) is 11.3 Å². The van der Waals surface area contributed by atoms with Gasteiger partial charge in [0.1, 0.15) is 0 Å². The normalized spacial score (nSPS) is 12.6. The van der Waals surface area contributed by atoms with E-state index in [-0.39, 0.29) is 11.9 Å². The van der Waals surface area contributed by atoms with E-state index in [1.807, 2.05) is 56.7 Å². The minimum Gasteiger partial charge on any atom is -0.351 e. The van der Waals surface area contributed by atoms with E-state index in [1.165, 1.54) is 4.88 Å². The Labute approximate surface area is 157 Å². The van der Waals surface area contributed by atoms with Crippen molar-refractivity contribution >= 4 is 23.3 Å². The lowest BCUT2D eigenvalue weighted by Gasteiger charge is -2.23. The van der Waals surface area contributed by atoms with Gasteiger partial charge in [0.15, 0.2) is 0 Å². The summed E-state index contributed by atoms with van der Waals surface area (Å²) in [5.41, 5.74) is 1.87. The molecule has 3 rings (SSSR count). The monoisotopic (exact) mass is 366 g/mol. The summed E-state index contributed by atoms with van der Waals surface area (Å²) in [6.07, 6.45) is 6.96. The highest BCUT2D eigenvalue weighted by atomic mass is 32.1. The lowest BCUT2D eigenvalue weighted by molar-refractivity contribution is -0.116. The number of para-hydroxylation sites is 1. The van der Waals surface area contributed by atoms with E-state index in [9.17, 15) is 4.79 Å². The maximum absolute atomic E-state index is 12.1. The topological polar surface area (TPSA) is 50.2 Å². The van der Waals surface area contributed by atoms with Crippen molar-refractivity contribution in [2.24, 2.45) is 0 Å². The van der Waals surface area contributed by atoms with Crippen LogP contribution >= 0.6 is 11.3 Å². The minimum atomic E-state index is -0.110. The first-order valence-electron chi connectivity index (χ1n) is 8.39. The molecule has 1 amide bonds. The lowest BCUT2D eigenvalue weighted by atomic mass is 10.2. The van der Waals surface area contributed by atoms with Crippen molar-refractivity contribution in [3.05, 3.63) is 76.8 Å². The summed E-state index contributed by atoms with van der Waals surface area (Å²) in [5.74, 6) is -0.110. The van der Waals surface area contributed by atoms with Gasteiger partial charge in [-0.1, -0.05) is 24.3 Å². The van der Waals surface area contributed by atoms with Gasteiger partial charge in [0, 0.05) is 29.3 Å². The van der Waals surface area contributed by atoms with Gasteiger partial charge in [0.05, 0.1) is 17.9 Å². The second-order valence-electron chi connectivity index (χ2n) is 6.13. The van der Waals surface area contributed by atoms with E-state index >= 15 is 0 Å². The summed E-state index contributed by atoms with van der Waals surface area (Å²) in [4.78, 5) is 15.5. The van der Waals surface area contributed by atoms with E-state index in [1.54, 1.807) is 34.4 Å². The Morgan fingerprint density at radius 1 is 1.27 bits per heavy atom. The SMILES string of the molecule is CN(C)C(CNC(=O)/C=C/c1cnn(-c2ccccc2)c1)c1cccs1. The average Bonchev–Trinajstić information content (AvgIpc) is 3.33. The van der Waals surface area contributed by atoms with Gasteiger partial charge in [-0.3, -0.25) is 4.79 Å². The van der Waals surface area contributed by atoms with Gasteiger partial charge in [0.25, 0.3) is 0 Å². The first-order valence-corrected chi connectivity index (χ1v) is 9.27. The van der Waals surface area contributed by atoms with Crippen LogP contribution in [-0.4, -0.2) is 41.2 Å². The first-order chi connectivity index (χ1) is 12.6. The van der Waals surface area contributed by atoms with E-state index < -0.39 is 0 Å². The molecular weight excluding hydrogens is 344 g/mol. The van der Waals surface area contributed by atoms with E-state index in [2.05, 4.69) is 26.8 Å². The number of amides is 1. The van der Waals surface area contributed by atoms with Gasteiger partial charge in [-0.15, -0.1) is 11.3 Å². The van der Waals surface area contributed by atoms with Crippen molar-refractivity contribution in [3.8, 4) is 5.69 Å². The van der Waals surface area contributed by atoms with E-state index in [0.29, 0.717) is 6.54 Å². The molecule has 0 aliphatic heterocycles. The van der Waals surface area contributed by atoms with Crippen molar-refractivity contribution in [1.29, 1.82) is 0 Å². The number of nitrogens with one attached hydrogen (secondary N) is 1. The predicted molar refractivity (Wildman–Crippen MR) is 106 cm³/mol. The molecule has 0 fully saturated rings. The highest BCUT2D eigenvalue weighted by molar-refractivity contribution is 7.10. The molecule has 0 aliphatic carbocycles. The molecule has 26 heavy (non-hydrogen) atoms. The molecule has 1 atom stereocenters.